The number of benzene rings is 2. The maximum Gasteiger partial charge on any atom is 0.270 e. The summed E-state index contributed by atoms with van der Waals surface area (Å²) in [6.45, 7) is 2.50. The van der Waals surface area contributed by atoms with E-state index in [1.807, 2.05) is 21.0 Å². The van der Waals surface area contributed by atoms with E-state index in [4.69, 9.17) is 11.6 Å². The van der Waals surface area contributed by atoms with Crippen LogP contribution in [0.1, 0.15) is 34.1 Å². The van der Waals surface area contributed by atoms with Gasteiger partial charge in [-0.3, -0.25) is 19.7 Å². The molecule has 2 N–H and O–H groups in total. The van der Waals surface area contributed by atoms with Gasteiger partial charge in [-0.2, -0.15) is 0 Å². The Morgan fingerprint density at radius 3 is 2.39 bits per heavy atom. The molecular formula is C19H21ClN4O4. The van der Waals surface area contributed by atoms with Crippen LogP contribution in [0.2, 0.25) is 5.02 Å². The number of non-ortho nitro benzene ring substituents is 1. The summed E-state index contributed by atoms with van der Waals surface area (Å²) in [5.74, 6) is -0.771. The molecule has 8 nitrogen and oxygen atoms in total. The van der Waals surface area contributed by atoms with Crippen molar-refractivity contribution < 1.29 is 14.5 Å². The number of carbonyl (C=O) groups excluding carboxylic acids is 2. The third kappa shape index (κ3) is 4.98. The number of hydrogen-bond donors (Lipinski definition) is 2. The molecule has 0 aliphatic rings. The number of carbonyl (C=O) groups is 2. The first-order chi connectivity index (χ1) is 13.2. The maximum absolute atomic E-state index is 12.5. The van der Waals surface area contributed by atoms with Crippen LogP contribution in [-0.2, 0) is 0 Å². The Morgan fingerprint density at radius 1 is 1.11 bits per heavy atom. The second kappa shape index (κ2) is 9.18. The minimum atomic E-state index is -0.589. The topological polar surface area (TPSA) is 105 Å². The summed E-state index contributed by atoms with van der Waals surface area (Å²) in [7, 11) is 3.64. The van der Waals surface area contributed by atoms with Crippen LogP contribution in [-0.4, -0.2) is 37.4 Å². The van der Waals surface area contributed by atoms with Crippen molar-refractivity contribution in [3.05, 3.63) is 62.7 Å². The number of rotatable bonds is 7. The average molecular weight is 405 g/mol. The quantitative estimate of drug-likeness (QED) is 0.540. The van der Waals surface area contributed by atoms with Crippen molar-refractivity contribution >= 4 is 40.5 Å². The fourth-order valence-corrected chi connectivity index (χ4v) is 2.78. The second-order valence-corrected chi connectivity index (χ2v) is 6.66. The van der Waals surface area contributed by atoms with Crippen LogP contribution in [0.15, 0.2) is 36.4 Å². The summed E-state index contributed by atoms with van der Waals surface area (Å²) in [4.78, 5) is 37.0. The molecule has 0 aliphatic carbocycles. The van der Waals surface area contributed by atoms with Crippen LogP contribution >= 0.6 is 11.6 Å². The molecule has 0 radical (unpaired) electrons. The molecule has 0 saturated carbocycles. The van der Waals surface area contributed by atoms with Crippen molar-refractivity contribution in [1.82, 2.24) is 5.32 Å². The molecule has 0 heterocycles. The number of nitro groups is 1. The Morgan fingerprint density at radius 2 is 1.82 bits per heavy atom. The molecule has 0 spiro atoms. The first kappa shape index (κ1) is 21.2. The Labute approximate surface area is 167 Å². The summed E-state index contributed by atoms with van der Waals surface area (Å²) in [6.07, 6.45) is 0.804. The van der Waals surface area contributed by atoms with Crippen molar-refractivity contribution in [3.63, 3.8) is 0 Å². The molecule has 2 amide bonds. The Kier molecular flexibility index (Phi) is 6.94. The molecule has 0 aliphatic heterocycles. The van der Waals surface area contributed by atoms with E-state index in [0.717, 1.165) is 12.5 Å². The van der Waals surface area contributed by atoms with Crippen molar-refractivity contribution in [2.75, 3.05) is 30.9 Å². The summed E-state index contributed by atoms with van der Waals surface area (Å²) in [5, 5.41) is 16.3. The van der Waals surface area contributed by atoms with Gasteiger partial charge in [-0.25, -0.2) is 0 Å². The van der Waals surface area contributed by atoms with Gasteiger partial charge in [0.25, 0.3) is 17.5 Å². The molecule has 0 atom stereocenters. The van der Waals surface area contributed by atoms with Gasteiger partial charge in [0.05, 0.1) is 21.1 Å². The lowest BCUT2D eigenvalue weighted by atomic mass is 10.1. The molecule has 0 saturated heterocycles. The lowest BCUT2D eigenvalue weighted by Crippen LogP contribution is -2.26. The average Bonchev–Trinajstić information content (AvgIpc) is 2.65. The van der Waals surface area contributed by atoms with Crippen molar-refractivity contribution in [1.29, 1.82) is 0 Å². The number of nitrogens with one attached hydrogen (secondary N) is 2. The zero-order valence-corrected chi connectivity index (χ0v) is 16.5. The minimum Gasteiger partial charge on any atom is -0.377 e. The second-order valence-electron chi connectivity index (χ2n) is 6.26. The molecule has 0 unspecified atom stereocenters. The Hall–Kier alpha value is -3.13. The highest BCUT2D eigenvalue weighted by Crippen LogP contribution is 2.26. The normalized spacial score (nSPS) is 10.3. The summed E-state index contributed by atoms with van der Waals surface area (Å²) in [6, 6.07) is 8.60. The highest BCUT2D eigenvalue weighted by atomic mass is 35.5. The number of nitrogens with zero attached hydrogens (tertiary/aromatic N) is 2. The first-order valence-corrected chi connectivity index (χ1v) is 8.97. The van der Waals surface area contributed by atoms with Gasteiger partial charge in [-0.15, -0.1) is 0 Å². The Bertz CT molecular complexity index is 915. The zero-order chi connectivity index (χ0) is 20.8. The summed E-state index contributed by atoms with van der Waals surface area (Å²) < 4.78 is 0. The Balaban J connectivity index is 2.29. The van der Waals surface area contributed by atoms with E-state index in [-0.39, 0.29) is 22.2 Å². The molecule has 0 aromatic heterocycles. The lowest BCUT2D eigenvalue weighted by molar-refractivity contribution is -0.384. The van der Waals surface area contributed by atoms with Gasteiger partial charge in [-0.1, -0.05) is 18.5 Å². The van der Waals surface area contributed by atoms with Crippen LogP contribution in [0.5, 0.6) is 0 Å². The van der Waals surface area contributed by atoms with Crippen molar-refractivity contribution in [2.24, 2.45) is 0 Å². The van der Waals surface area contributed by atoms with E-state index in [2.05, 4.69) is 10.6 Å². The van der Waals surface area contributed by atoms with E-state index < -0.39 is 10.8 Å². The highest BCUT2D eigenvalue weighted by molar-refractivity contribution is 6.34. The van der Waals surface area contributed by atoms with E-state index in [9.17, 15) is 19.7 Å². The van der Waals surface area contributed by atoms with Crippen molar-refractivity contribution in [2.45, 2.75) is 13.3 Å². The van der Waals surface area contributed by atoms with Crippen LogP contribution in [0.25, 0.3) is 0 Å². The molecule has 2 aromatic carbocycles. The van der Waals surface area contributed by atoms with E-state index >= 15 is 0 Å². The smallest absolute Gasteiger partial charge is 0.270 e. The molecule has 0 fully saturated rings. The minimum absolute atomic E-state index is 0.0301. The lowest BCUT2D eigenvalue weighted by Gasteiger charge is -2.18. The molecule has 28 heavy (non-hydrogen) atoms. The highest BCUT2D eigenvalue weighted by Gasteiger charge is 2.17. The molecule has 2 aromatic rings. The van der Waals surface area contributed by atoms with Gasteiger partial charge in [0.15, 0.2) is 0 Å². The first-order valence-electron chi connectivity index (χ1n) is 8.59. The SMILES string of the molecule is CCCNC(=O)c1cc(NC(=O)c2ccc([N+](=O)[O-])cc2Cl)ccc1N(C)C. The van der Waals surface area contributed by atoms with Crippen LogP contribution < -0.4 is 15.5 Å². The summed E-state index contributed by atoms with van der Waals surface area (Å²) >= 11 is 6.00. The largest absolute Gasteiger partial charge is 0.377 e. The molecule has 9 heteroatoms. The molecular weight excluding hydrogens is 384 g/mol. The number of nitro benzene ring substituents is 1. The monoisotopic (exact) mass is 404 g/mol. The fourth-order valence-electron chi connectivity index (χ4n) is 2.52. The molecule has 2 rings (SSSR count). The van der Waals surface area contributed by atoms with E-state index in [1.165, 1.54) is 12.1 Å². The van der Waals surface area contributed by atoms with Crippen LogP contribution in [0.3, 0.4) is 0 Å². The van der Waals surface area contributed by atoms with Gasteiger partial charge in [0.1, 0.15) is 0 Å². The molecule has 0 bridgehead atoms. The van der Waals surface area contributed by atoms with Crippen molar-refractivity contribution in [3.8, 4) is 0 Å². The molecule has 148 valence electrons. The number of anilines is 2. The zero-order valence-electron chi connectivity index (χ0n) is 15.8. The van der Waals surface area contributed by atoms with E-state index in [0.29, 0.717) is 23.5 Å². The third-order valence-electron chi connectivity index (χ3n) is 3.92. The number of amides is 2. The number of hydrogen-bond acceptors (Lipinski definition) is 5. The fraction of sp³-hybridized carbons (Fsp3) is 0.263. The predicted octanol–water partition coefficient (Wildman–Crippen LogP) is 3.71. The number of halogens is 1. The third-order valence-corrected chi connectivity index (χ3v) is 4.24. The van der Waals surface area contributed by atoms with Crippen LogP contribution in [0.4, 0.5) is 17.1 Å². The predicted molar refractivity (Wildman–Crippen MR) is 109 cm³/mol. The van der Waals surface area contributed by atoms with E-state index in [1.54, 1.807) is 23.1 Å². The standard InChI is InChI=1S/C19H21ClN4O4/c1-4-9-21-18(25)15-10-12(5-8-17(15)23(2)3)22-19(26)14-7-6-13(24(27)28)11-16(14)20/h5-8,10-11H,4,9H2,1-3H3,(H,21,25)(H,22,26). The van der Waals surface area contributed by atoms with Gasteiger partial charge in [0, 0.05) is 44.1 Å². The van der Waals surface area contributed by atoms with Gasteiger partial charge in [0.2, 0.25) is 0 Å². The summed E-state index contributed by atoms with van der Waals surface area (Å²) in [5.41, 5.74) is 1.44. The van der Waals surface area contributed by atoms with Crippen LogP contribution in [0, 0.1) is 10.1 Å². The van der Waals surface area contributed by atoms with Gasteiger partial charge < -0.3 is 15.5 Å². The maximum atomic E-state index is 12.5. The van der Waals surface area contributed by atoms with Gasteiger partial charge in [-0.05, 0) is 30.7 Å². The van der Waals surface area contributed by atoms with Gasteiger partial charge >= 0.3 is 0 Å².